The predicted molar refractivity (Wildman–Crippen MR) is 115 cm³/mol. The maximum atomic E-state index is 12.8. The number of rotatable bonds is 3. The largest absolute Gasteiger partial charge is 0.345 e. The van der Waals surface area contributed by atoms with Gasteiger partial charge in [0.15, 0.2) is 10.7 Å². The second kappa shape index (κ2) is 6.66. The molecule has 0 aliphatic carbocycles. The molecule has 0 bridgehead atoms. The molecule has 8 heteroatoms. The Balaban J connectivity index is 1.67. The second-order valence-corrected chi connectivity index (χ2v) is 9.08. The summed E-state index contributed by atoms with van der Waals surface area (Å²) in [7, 11) is 0. The fourth-order valence-electron chi connectivity index (χ4n) is 4.26. The lowest BCUT2D eigenvalue weighted by Gasteiger charge is -2.14. The van der Waals surface area contributed by atoms with Crippen molar-refractivity contribution >= 4 is 33.2 Å². The zero-order chi connectivity index (χ0) is 20.3. The van der Waals surface area contributed by atoms with Crippen LogP contribution in [0.4, 0.5) is 0 Å². The number of pyridine rings is 1. The molecule has 0 saturated carbocycles. The molecule has 1 N–H and O–H groups in total. The topological polar surface area (TPSA) is 79.2 Å². The zero-order valence-electron chi connectivity index (χ0n) is 17.1. The maximum Gasteiger partial charge on any atom is 0.282 e. The number of aromatic nitrogens is 5. The molecule has 150 valence electrons. The van der Waals surface area contributed by atoms with Gasteiger partial charge in [-0.3, -0.25) is 4.79 Å². The summed E-state index contributed by atoms with van der Waals surface area (Å²) in [5.74, 6) is 0.325. The molecule has 1 aliphatic heterocycles. The Morgan fingerprint density at radius 3 is 2.69 bits per heavy atom. The molecule has 1 aliphatic rings. The monoisotopic (exact) mass is 408 g/mol. The van der Waals surface area contributed by atoms with Crippen LogP contribution >= 0.6 is 11.3 Å². The summed E-state index contributed by atoms with van der Waals surface area (Å²) in [5, 5.41) is 4.92. The van der Waals surface area contributed by atoms with Gasteiger partial charge in [-0.05, 0) is 43.7 Å². The Labute approximate surface area is 172 Å². The van der Waals surface area contributed by atoms with Gasteiger partial charge in [0.05, 0.1) is 5.69 Å². The highest BCUT2D eigenvalue weighted by Gasteiger charge is 2.27. The smallest absolute Gasteiger partial charge is 0.282 e. The number of nitrogens with one attached hydrogen (secondary N) is 1. The van der Waals surface area contributed by atoms with Crippen molar-refractivity contribution in [3.8, 4) is 11.3 Å². The van der Waals surface area contributed by atoms with Crippen molar-refractivity contribution in [3.05, 3.63) is 34.2 Å². The van der Waals surface area contributed by atoms with Crippen LogP contribution in [0.3, 0.4) is 0 Å². The minimum atomic E-state index is 0.0596. The average Bonchev–Trinajstić information content (AvgIpc) is 3.46. The van der Waals surface area contributed by atoms with Crippen molar-refractivity contribution in [2.24, 2.45) is 0 Å². The first-order chi connectivity index (χ1) is 14.0. The predicted octanol–water partition coefficient (Wildman–Crippen LogP) is 4.31. The van der Waals surface area contributed by atoms with Gasteiger partial charge in [0.2, 0.25) is 0 Å². The van der Waals surface area contributed by atoms with Crippen LogP contribution in [0.15, 0.2) is 12.5 Å². The highest BCUT2D eigenvalue weighted by Crippen LogP contribution is 2.39. The van der Waals surface area contributed by atoms with E-state index in [1.165, 1.54) is 16.9 Å². The first-order valence-electron chi connectivity index (χ1n) is 10.1. The highest BCUT2D eigenvalue weighted by molar-refractivity contribution is 7.20. The number of carbonyl (C=O) groups excluding carboxylic acids is 1. The van der Waals surface area contributed by atoms with Gasteiger partial charge in [-0.1, -0.05) is 25.2 Å². The van der Waals surface area contributed by atoms with Crippen LogP contribution in [0.25, 0.3) is 27.3 Å². The molecule has 29 heavy (non-hydrogen) atoms. The van der Waals surface area contributed by atoms with Crippen LogP contribution in [0.5, 0.6) is 0 Å². The van der Waals surface area contributed by atoms with Crippen molar-refractivity contribution in [2.75, 3.05) is 13.1 Å². The first kappa shape index (κ1) is 18.3. The van der Waals surface area contributed by atoms with E-state index in [1.54, 1.807) is 6.33 Å². The van der Waals surface area contributed by atoms with Crippen LogP contribution in [0.2, 0.25) is 0 Å². The summed E-state index contributed by atoms with van der Waals surface area (Å²) in [4.78, 5) is 28.4. The first-order valence-corrected chi connectivity index (χ1v) is 10.9. The summed E-state index contributed by atoms with van der Waals surface area (Å²) < 4.78 is 1.83. The van der Waals surface area contributed by atoms with Crippen molar-refractivity contribution in [1.29, 1.82) is 0 Å². The van der Waals surface area contributed by atoms with Gasteiger partial charge in [0.1, 0.15) is 16.7 Å². The molecular weight excluding hydrogens is 384 g/mol. The zero-order valence-corrected chi connectivity index (χ0v) is 17.9. The van der Waals surface area contributed by atoms with Crippen molar-refractivity contribution in [3.63, 3.8) is 0 Å². The molecule has 0 aromatic carbocycles. The fourth-order valence-corrected chi connectivity index (χ4v) is 5.21. The van der Waals surface area contributed by atoms with Gasteiger partial charge in [0.25, 0.3) is 5.91 Å². The summed E-state index contributed by atoms with van der Waals surface area (Å²) in [5.41, 5.74) is 7.40. The number of H-pyrrole nitrogens is 1. The van der Waals surface area contributed by atoms with Gasteiger partial charge in [-0.15, -0.1) is 0 Å². The van der Waals surface area contributed by atoms with E-state index in [2.05, 4.69) is 42.8 Å². The number of carbonyl (C=O) groups is 1. The number of aryl methyl sites for hydroxylation is 1. The Bertz CT molecular complexity index is 1240. The number of aromatic amines is 1. The Kier molecular flexibility index (Phi) is 4.20. The van der Waals surface area contributed by atoms with Gasteiger partial charge >= 0.3 is 0 Å². The van der Waals surface area contributed by atoms with Crippen molar-refractivity contribution < 1.29 is 4.79 Å². The van der Waals surface area contributed by atoms with Crippen LogP contribution in [-0.4, -0.2) is 48.5 Å². The third-order valence-corrected chi connectivity index (χ3v) is 6.90. The molecule has 0 spiro atoms. The minimum Gasteiger partial charge on any atom is -0.345 e. The van der Waals surface area contributed by atoms with Crippen LogP contribution in [0.1, 0.15) is 59.1 Å². The Hall–Kier alpha value is -2.74. The summed E-state index contributed by atoms with van der Waals surface area (Å²) >= 11 is 1.46. The molecule has 0 radical (unpaired) electrons. The van der Waals surface area contributed by atoms with Crippen molar-refractivity contribution in [1.82, 2.24) is 29.5 Å². The van der Waals surface area contributed by atoms with E-state index in [0.29, 0.717) is 5.01 Å². The van der Waals surface area contributed by atoms with Crippen LogP contribution in [-0.2, 0) is 0 Å². The maximum absolute atomic E-state index is 12.8. The minimum absolute atomic E-state index is 0.0596. The third kappa shape index (κ3) is 2.77. The molecule has 0 atom stereocenters. The highest BCUT2D eigenvalue weighted by atomic mass is 32.1. The molecule has 4 aromatic heterocycles. The van der Waals surface area contributed by atoms with Crippen LogP contribution in [0, 0.1) is 13.8 Å². The number of fused-ring (bicyclic) bond motifs is 2. The van der Waals surface area contributed by atoms with E-state index >= 15 is 0 Å². The van der Waals surface area contributed by atoms with Gasteiger partial charge < -0.3 is 9.88 Å². The lowest BCUT2D eigenvalue weighted by molar-refractivity contribution is 0.0792. The number of thiazole rings is 1. The second-order valence-electron chi connectivity index (χ2n) is 8.09. The standard InChI is InChI=1S/C21H24N6OS/c1-11(2)15-16(14-9-27-18(22-10-23-27)13(4)12(14)3)24-19-17(15)25-20(29-19)21(28)26-7-5-6-8-26/h9-11,24H,5-8H2,1-4H3. The lowest BCUT2D eigenvalue weighted by Crippen LogP contribution is -2.27. The van der Waals surface area contributed by atoms with Crippen LogP contribution < -0.4 is 0 Å². The molecule has 1 fully saturated rings. The quantitative estimate of drug-likeness (QED) is 0.548. The molecule has 1 amide bonds. The van der Waals surface area contributed by atoms with E-state index in [9.17, 15) is 4.79 Å². The number of amides is 1. The average molecular weight is 409 g/mol. The molecule has 4 aromatic rings. The SMILES string of the molecule is Cc1c(-c2[nH]c3sc(C(=O)N4CCCC4)nc3c2C(C)C)cn2ncnc2c1C. The molecule has 5 rings (SSSR count). The molecule has 0 unspecified atom stereocenters. The van der Waals surface area contributed by atoms with E-state index in [-0.39, 0.29) is 11.8 Å². The van der Waals surface area contributed by atoms with Gasteiger partial charge in [-0.2, -0.15) is 5.10 Å². The normalized spacial score (nSPS) is 14.7. The van der Waals surface area contributed by atoms with E-state index < -0.39 is 0 Å². The lowest BCUT2D eigenvalue weighted by atomic mass is 9.96. The number of nitrogens with zero attached hydrogens (tertiary/aromatic N) is 5. The number of hydrogen-bond acceptors (Lipinski definition) is 5. The molecular formula is C21H24N6OS. The van der Waals surface area contributed by atoms with E-state index in [0.717, 1.165) is 64.3 Å². The summed E-state index contributed by atoms with van der Waals surface area (Å²) in [6.45, 7) is 10.2. The summed E-state index contributed by atoms with van der Waals surface area (Å²) in [6.07, 6.45) is 5.78. The van der Waals surface area contributed by atoms with Crippen molar-refractivity contribution in [2.45, 2.75) is 46.5 Å². The Morgan fingerprint density at radius 2 is 1.97 bits per heavy atom. The third-order valence-electron chi connectivity index (χ3n) is 5.94. The van der Waals surface area contributed by atoms with Gasteiger partial charge in [-0.25, -0.2) is 14.5 Å². The molecule has 1 saturated heterocycles. The van der Waals surface area contributed by atoms with E-state index in [1.807, 2.05) is 15.6 Å². The fraction of sp³-hybridized carbons (Fsp3) is 0.429. The molecule has 7 nitrogen and oxygen atoms in total. The number of hydrogen-bond donors (Lipinski definition) is 1. The van der Waals surface area contributed by atoms with Gasteiger partial charge in [0, 0.05) is 30.4 Å². The number of likely N-dealkylation sites (tertiary alicyclic amines) is 1. The summed E-state index contributed by atoms with van der Waals surface area (Å²) in [6, 6.07) is 0. The Morgan fingerprint density at radius 1 is 1.21 bits per heavy atom. The molecule has 5 heterocycles. The van der Waals surface area contributed by atoms with E-state index in [4.69, 9.17) is 4.98 Å².